The standard InChI is InChI=1S/C11H19N5O/c1-17-11-9-13-8-10(14-11)16-6-4-15(3-2-12)5-7-16/h8-9H,2-7,12H2,1H3. The molecule has 0 unspecified atom stereocenters. The molecular formula is C11H19N5O. The van der Waals surface area contributed by atoms with E-state index in [0.717, 1.165) is 45.1 Å². The van der Waals surface area contributed by atoms with Gasteiger partial charge < -0.3 is 15.4 Å². The SMILES string of the molecule is COc1cncc(N2CCN(CCN)CC2)n1. The van der Waals surface area contributed by atoms with Crippen molar-refractivity contribution in [1.29, 1.82) is 0 Å². The number of piperazine rings is 1. The summed E-state index contributed by atoms with van der Waals surface area (Å²) >= 11 is 0. The fraction of sp³-hybridized carbons (Fsp3) is 0.636. The third kappa shape index (κ3) is 3.04. The van der Waals surface area contributed by atoms with Crippen molar-refractivity contribution < 1.29 is 4.74 Å². The van der Waals surface area contributed by atoms with Crippen LogP contribution in [-0.4, -0.2) is 61.2 Å². The minimum absolute atomic E-state index is 0.562. The summed E-state index contributed by atoms with van der Waals surface area (Å²) in [6.45, 7) is 5.66. The Bertz CT molecular complexity index is 351. The molecule has 1 aliphatic heterocycles. The zero-order chi connectivity index (χ0) is 12.1. The maximum atomic E-state index is 5.55. The molecule has 1 aromatic heterocycles. The molecule has 1 saturated heterocycles. The molecule has 2 N–H and O–H groups in total. The Labute approximate surface area is 101 Å². The average Bonchev–Trinajstić information content (AvgIpc) is 2.40. The van der Waals surface area contributed by atoms with E-state index in [9.17, 15) is 0 Å². The van der Waals surface area contributed by atoms with Gasteiger partial charge in [0, 0.05) is 39.3 Å². The molecule has 0 aromatic carbocycles. The topological polar surface area (TPSA) is 67.5 Å². The largest absolute Gasteiger partial charge is 0.480 e. The van der Waals surface area contributed by atoms with Crippen LogP contribution in [0.4, 0.5) is 5.82 Å². The minimum atomic E-state index is 0.562. The van der Waals surface area contributed by atoms with Crippen molar-refractivity contribution in [2.45, 2.75) is 0 Å². The van der Waals surface area contributed by atoms with E-state index >= 15 is 0 Å². The van der Waals surface area contributed by atoms with E-state index in [1.165, 1.54) is 0 Å². The molecule has 0 radical (unpaired) electrons. The van der Waals surface area contributed by atoms with E-state index in [0.29, 0.717) is 5.88 Å². The molecule has 0 aliphatic carbocycles. The van der Waals surface area contributed by atoms with Crippen molar-refractivity contribution in [3.8, 4) is 5.88 Å². The van der Waals surface area contributed by atoms with E-state index < -0.39 is 0 Å². The summed E-state index contributed by atoms with van der Waals surface area (Å²) in [5.41, 5.74) is 5.55. The molecule has 17 heavy (non-hydrogen) atoms. The van der Waals surface area contributed by atoms with Gasteiger partial charge in [0.1, 0.15) is 0 Å². The molecule has 1 aliphatic rings. The lowest BCUT2D eigenvalue weighted by atomic mass is 10.3. The van der Waals surface area contributed by atoms with Crippen LogP contribution >= 0.6 is 0 Å². The lowest BCUT2D eigenvalue weighted by Crippen LogP contribution is -2.48. The van der Waals surface area contributed by atoms with Gasteiger partial charge in [0.15, 0.2) is 5.82 Å². The van der Waals surface area contributed by atoms with Gasteiger partial charge in [-0.15, -0.1) is 0 Å². The number of aromatic nitrogens is 2. The van der Waals surface area contributed by atoms with Crippen LogP contribution in [0.1, 0.15) is 0 Å². The number of anilines is 1. The third-order valence-corrected chi connectivity index (χ3v) is 2.95. The van der Waals surface area contributed by atoms with Crippen molar-refractivity contribution in [2.24, 2.45) is 5.73 Å². The molecule has 0 spiro atoms. The summed E-state index contributed by atoms with van der Waals surface area (Å²) in [5, 5.41) is 0. The van der Waals surface area contributed by atoms with Crippen LogP contribution in [0.25, 0.3) is 0 Å². The van der Waals surface area contributed by atoms with Crippen LogP contribution < -0.4 is 15.4 Å². The molecular weight excluding hydrogens is 218 g/mol. The molecule has 0 saturated carbocycles. The number of nitrogens with two attached hydrogens (primary N) is 1. The fourth-order valence-corrected chi connectivity index (χ4v) is 1.97. The second-order valence-corrected chi connectivity index (χ2v) is 4.04. The Balaban J connectivity index is 1.95. The van der Waals surface area contributed by atoms with E-state index in [2.05, 4.69) is 19.8 Å². The second-order valence-electron chi connectivity index (χ2n) is 4.04. The number of hydrogen-bond acceptors (Lipinski definition) is 6. The van der Waals surface area contributed by atoms with Gasteiger partial charge in [-0.3, -0.25) is 9.88 Å². The molecule has 6 heteroatoms. The van der Waals surface area contributed by atoms with Crippen molar-refractivity contribution in [3.63, 3.8) is 0 Å². The van der Waals surface area contributed by atoms with Crippen LogP contribution in [0, 0.1) is 0 Å². The molecule has 0 amide bonds. The van der Waals surface area contributed by atoms with Gasteiger partial charge in [-0.05, 0) is 0 Å². The lowest BCUT2D eigenvalue weighted by Gasteiger charge is -2.34. The molecule has 6 nitrogen and oxygen atoms in total. The average molecular weight is 237 g/mol. The Hall–Kier alpha value is -1.40. The van der Waals surface area contributed by atoms with E-state index in [4.69, 9.17) is 10.5 Å². The number of ether oxygens (including phenoxy) is 1. The summed E-state index contributed by atoms with van der Waals surface area (Å²) in [4.78, 5) is 13.1. The Morgan fingerprint density at radius 1 is 1.29 bits per heavy atom. The van der Waals surface area contributed by atoms with Gasteiger partial charge in [-0.25, -0.2) is 0 Å². The molecule has 1 fully saturated rings. The van der Waals surface area contributed by atoms with Crippen molar-refractivity contribution in [1.82, 2.24) is 14.9 Å². The Kier molecular flexibility index (Phi) is 4.11. The summed E-state index contributed by atoms with van der Waals surface area (Å²) in [7, 11) is 1.60. The van der Waals surface area contributed by atoms with Gasteiger partial charge >= 0.3 is 0 Å². The molecule has 2 heterocycles. The third-order valence-electron chi connectivity index (χ3n) is 2.95. The number of rotatable bonds is 4. The quantitative estimate of drug-likeness (QED) is 0.766. The Morgan fingerprint density at radius 2 is 2.06 bits per heavy atom. The van der Waals surface area contributed by atoms with Gasteiger partial charge in [0.2, 0.25) is 5.88 Å². The Morgan fingerprint density at radius 3 is 2.71 bits per heavy atom. The van der Waals surface area contributed by atoms with Crippen LogP contribution in [0.15, 0.2) is 12.4 Å². The van der Waals surface area contributed by atoms with E-state index in [-0.39, 0.29) is 0 Å². The summed E-state index contributed by atoms with van der Waals surface area (Å²) in [6.07, 6.45) is 3.40. The molecule has 0 bridgehead atoms. The summed E-state index contributed by atoms with van der Waals surface area (Å²) in [5.74, 6) is 1.45. The highest BCUT2D eigenvalue weighted by Crippen LogP contribution is 2.15. The molecule has 94 valence electrons. The summed E-state index contributed by atoms with van der Waals surface area (Å²) < 4.78 is 5.08. The van der Waals surface area contributed by atoms with Crippen molar-refractivity contribution >= 4 is 5.82 Å². The zero-order valence-corrected chi connectivity index (χ0v) is 10.2. The monoisotopic (exact) mass is 237 g/mol. The van der Waals surface area contributed by atoms with Gasteiger partial charge in [-0.1, -0.05) is 0 Å². The second kappa shape index (κ2) is 5.79. The van der Waals surface area contributed by atoms with E-state index in [1.807, 2.05) is 0 Å². The highest BCUT2D eigenvalue weighted by atomic mass is 16.5. The smallest absolute Gasteiger partial charge is 0.233 e. The first-order valence-corrected chi connectivity index (χ1v) is 5.87. The van der Waals surface area contributed by atoms with Crippen molar-refractivity contribution in [3.05, 3.63) is 12.4 Å². The number of methoxy groups -OCH3 is 1. The predicted molar refractivity (Wildman–Crippen MR) is 66.3 cm³/mol. The highest BCUT2D eigenvalue weighted by molar-refractivity contribution is 5.38. The van der Waals surface area contributed by atoms with Crippen molar-refractivity contribution in [2.75, 3.05) is 51.3 Å². The summed E-state index contributed by atoms with van der Waals surface area (Å²) in [6, 6.07) is 0. The predicted octanol–water partition coefficient (Wildman–Crippen LogP) is -0.434. The van der Waals surface area contributed by atoms with E-state index in [1.54, 1.807) is 19.5 Å². The zero-order valence-electron chi connectivity index (χ0n) is 10.2. The van der Waals surface area contributed by atoms with Gasteiger partial charge in [-0.2, -0.15) is 4.98 Å². The molecule has 1 aromatic rings. The number of hydrogen-bond donors (Lipinski definition) is 1. The van der Waals surface area contributed by atoms with Gasteiger partial charge in [0.25, 0.3) is 0 Å². The first-order chi connectivity index (χ1) is 8.33. The number of nitrogens with zero attached hydrogens (tertiary/aromatic N) is 4. The molecule has 0 atom stereocenters. The highest BCUT2D eigenvalue weighted by Gasteiger charge is 2.17. The van der Waals surface area contributed by atoms with Crippen LogP contribution in [0.3, 0.4) is 0 Å². The minimum Gasteiger partial charge on any atom is -0.480 e. The van der Waals surface area contributed by atoms with Crippen LogP contribution in [-0.2, 0) is 0 Å². The maximum absolute atomic E-state index is 5.55. The van der Waals surface area contributed by atoms with Crippen LogP contribution in [0.2, 0.25) is 0 Å². The first kappa shape index (κ1) is 12.1. The first-order valence-electron chi connectivity index (χ1n) is 5.87. The van der Waals surface area contributed by atoms with Crippen LogP contribution in [0.5, 0.6) is 5.88 Å². The maximum Gasteiger partial charge on any atom is 0.233 e. The van der Waals surface area contributed by atoms with Gasteiger partial charge in [0.05, 0.1) is 19.5 Å². The fourth-order valence-electron chi connectivity index (χ4n) is 1.97. The normalized spacial score (nSPS) is 17.2. The molecule has 2 rings (SSSR count). The lowest BCUT2D eigenvalue weighted by molar-refractivity contribution is 0.264.